The van der Waals surface area contributed by atoms with E-state index >= 15 is 0 Å². The number of aryl methyl sites for hydroxylation is 1. The lowest BCUT2D eigenvalue weighted by Gasteiger charge is -2.17. The van der Waals surface area contributed by atoms with E-state index in [4.69, 9.17) is 14.6 Å². The number of benzene rings is 2. The highest BCUT2D eigenvalue weighted by Gasteiger charge is 2.39. The van der Waals surface area contributed by atoms with Gasteiger partial charge in [0.25, 0.3) is 0 Å². The van der Waals surface area contributed by atoms with Crippen LogP contribution in [0.15, 0.2) is 47.5 Å². The van der Waals surface area contributed by atoms with Gasteiger partial charge in [-0.2, -0.15) is 0 Å². The monoisotopic (exact) mass is 428 g/mol. The molecule has 0 spiro atoms. The minimum absolute atomic E-state index is 0.228. The molecule has 3 rings (SSSR count). The first-order chi connectivity index (χ1) is 14.4. The summed E-state index contributed by atoms with van der Waals surface area (Å²) in [5, 5.41) is 9.01. The molecule has 2 aromatic carbocycles. The van der Waals surface area contributed by atoms with Crippen LogP contribution in [0.2, 0.25) is 0 Å². The topological polar surface area (TPSA) is 88.4 Å². The fourth-order valence-electron chi connectivity index (χ4n) is 3.17. The van der Waals surface area contributed by atoms with Crippen molar-refractivity contribution in [1.82, 2.24) is 4.90 Å². The van der Waals surface area contributed by atoms with Crippen LogP contribution in [0.4, 0.5) is 5.69 Å². The zero-order valence-electron chi connectivity index (χ0n) is 17.1. The number of aliphatic imine (C=N–C) groups is 1. The highest BCUT2D eigenvalue weighted by molar-refractivity contribution is 8.15. The van der Waals surface area contributed by atoms with Crippen LogP contribution >= 0.6 is 11.8 Å². The van der Waals surface area contributed by atoms with E-state index in [-0.39, 0.29) is 12.3 Å². The molecular weight excluding hydrogens is 404 g/mol. The molecule has 1 aliphatic heterocycles. The van der Waals surface area contributed by atoms with Crippen molar-refractivity contribution in [1.29, 1.82) is 0 Å². The van der Waals surface area contributed by atoms with Crippen LogP contribution < -0.4 is 9.47 Å². The molecule has 1 heterocycles. The van der Waals surface area contributed by atoms with Crippen molar-refractivity contribution in [3.05, 3.63) is 53.6 Å². The lowest BCUT2D eigenvalue weighted by molar-refractivity contribution is -0.139. The predicted octanol–water partition coefficient (Wildman–Crippen LogP) is 3.66. The van der Waals surface area contributed by atoms with Gasteiger partial charge in [0.1, 0.15) is 5.25 Å². The number of rotatable bonds is 8. The van der Waals surface area contributed by atoms with Crippen LogP contribution in [0.25, 0.3) is 0 Å². The maximum Gasteiger partial charge on any atom is 0.305 e. The number of amidine groups is 1. The molecule has 1 N–H and O–H groups in total. The van der Waals surface area contributed by atoms with Gasteiger partial charge in [-0.1, -0.05) is 30.0 Å². The smallest absolute Gasteiger partial charge is 0.305 e. The van der Waals surface area contributed by atoms with Crippen LogP contribution in [0, 0.1) is 6.92 Å². The van der Waals surface area contributed by atoms with Crippen molar-refractivity contribution in [2.75, 3.05) is 20.8 Å². The summed E-state index contributed by atoms with van der Waals surface area (Å²) in [5.74, 6) is 0.0265. The second kappa shape index (κ2) is 9.67. The zero-order valence-corrected chi connectivity index (χ0v) is 17.9. The predicted molar refractivity (Wildman–Crippen MR) is 117 cm³/mol. The molecule has 158 valence electrons. The van der Waals surface area contributed by atoms with Crippen LogP contribution in [-0.4, -0.2) is 53.1 Å². The highest BCUT2D eigenvalue weighted by Crippen LogP contribution is 2.33. The number of hydrogen-bond donors (Lipinski definition) is 1. The van der Waals surface area contributed by atoms with Gasteiger partial charge in [-0.3, -0.25) is 14.5 Å². The summed E-state index contributed by atoms with van der Waals surface area (Å²) in [6.45, 7) is 2.36. The number of ether oxygens (including phenoxy) is 2. The third-order valence-electron chi connectivity index (χ3n) is 4.68. The van der Waals surface area contributed by atoms with E-state index in [2.05, 4.69) is 4.99 Å². The molecule has 1 fully saturated rings. The van der Waals surface area contributed by atoms with E-state index in [1.807, 2.05) is 49.4 Å². The molecule has 2 aromatic rings. The molecule has 0 radical (unpaired) electrons. The summed E-state index contributed by atoms with van der Waals surface area (Å²) < 4.78 is 10.6. The summed E-state index contributed by atoms with van der Waals surface area (Å²) in [7, 11) is 3.15. The average Bonchev–Trinajstić information content (AvgIpc) is 2.99. The number of thioether (sulfide) groups is 1. The number of nitrogens with zero attached hydrogens (tertiary/aromatic N) is 2. The standard InChI is InChI=1S/C22H24N2O5S/c1-14-5-4-6-16(11-14)23-22-24(21(27)19(30-22)13-20(25)26)10-9-15-7-8-17(28-2)18(12-15)29-3/h4-8,11-12,19H,9-10,13H2,1-3H3,(H,25,26). The lowest BCUT2D eigenvalue weighted by atomic mass is 10.1. The molecule has 7 nitrogen and oxygen atoms in total. The molecular formula is C22H24N2O5S. The van der Waals surface area contributed by atoms with Gasteiger partial charge in [0.2, 0.25) is 5.91 Å². The van der Waals surface area contributed by atoms with Gasteiger partial charge >= 0.3 is 5.97 Å². The van der Waals surface area contributed by atoms with Gasteiger partial charge in [0.15, 0.2) is 16.7 Å². The van der Waals surface area contributed by atoms with Gasteiger partial charge in [-0.05, 0) is 48.7 Å². The number of methoxy groups -OCH3 is 2. The van der Waals surface area contributed by atoms with Crippen molar-refractivity contribution >= 4 is 34.5 Å². The number of carbonyl (C=O) groups is 2. The van der Waals surface area contributed by atoms with Crippen molar-refractivity contribution in [3.8, 4) is 11.5 Å². The Bertz CT molecular complexity index is 976. The van der Waals surface area contributed by atoms with Gasteiger partial charge < -0.3 is 14.6 Å². The van der Waals surface area contributed by atoms with Gasteiger partial charge in [-0.15, -0.1) is 0 Å². The lowest BCUT2D eigenvalue weighted by Crippen LogP contribution is -2.34. The zero-order chi connectivity index (χ0) is 21.7. The molecule has 1 amide bonds. The molecule has 1 atom stereocenters. The van der Waals surface area contributed by atoms with Gasteiger partial charge in [-0.25, -0.2) is 4.99 Å². The molecule has 30 heavy (non-hydrogen) atoms. The van der Waals surface area contributed by atoms with Gasteiger partial charge in [0, 0.05) is 6.54 Å². The van der Waals surface area contributed by atoms with Crippen molar-refractivity contribution in [2.45, 2.75) is 25.0 Å². The summed E-state index contributed by atoms with van der Waals surface area (Å²) in [6, 6.07) is 13.3. The molecule has 1 aliphatic rings. The van der Waals surface area contributed by atoms with Crippen LogP contribution in [0.5, 0.6) is 11.5 Å². The Morgan fingerprint density at radius 1 is 1.17 bits per heavy atom. The summed E-state index contributed by atoms with van der Waals surface area (Å²) in [6.07, 6.45) is 0.336. The molecule has 0 aliphatic carbocycles. The SMILES string of the molecule is COc1ccc(CCN2C(=O)C(CC(=O)O)SC2=Nc2cccc(C)c2)cc1OC. The summed E-state index contributed by atoms with van der Waals surface area (Å²) in [5.41, 5.74) is 2.77. The summed E-state index contributed by atoms with van der Waals surface area (Å²) in [4.78, 5) is 30.3. The number of carboxylic acid groups (broad SMARTS) is 1. The Morgan fingerprint density at radius 3 is 2.60 bits per heavy atom. The Morgan fingerprint density at radius 2 is 1.93 bits per heavy atom. The van der Waals surface area contributed by atoms with Crippen LogP contribution in [0.3, 0.4) is 0 Å². The molecule has 1 saturated heterocycles. The van der Waals surface area contributed by atoms with E-state index in [0.717, 1.165) is 16.8 Å². The first kappa shape index (κ1) is 21.7. The Labute approximate surface area is 179 Å². The van der Waals surface area contributed by atoms with E-state index in [0.29, 0.717) is 29.6 Å². The van der Waals surface area contributed by atoms with E-state index < -0.39 is 11.2 Å². The Balaban J connectivity index is 1.83. The molecule has 8 heteroatoms. The molecule has 0 aromatic heterocycles. The molecule has 1 unspecified atom stereocenters. The van der Waals surface area contributed by atoms with Crippen LogP contribution in [0.1, 0.15) is 17.5 Å². The fourth-order valence-corrected chi connectivity index (χ4v) is 4.35. The third kappa shape index (κ3) is 5.13. The maximum absolute atomic E-state index is 12.9. The first-order valence-electron chi connectivity index (χ1n) is 9.47. The van der Waals surface area contributed by atoms with Crippen molar-refractivity contribution in [2.24, 2.45) is 4.99 Å². The number of carbonyl (C=O) groups excluding carboxylic acids is 1. The first-order valence-corrected chi connectivity index (χ1v) is 10.4. The largest absolute Gasteiger partial charge is 0.493 e. The number of amides is 1. The quantitative estimate of drug-likeness (QED) is 0.690. The van der Waals surface area contributed by atoms with Crippen LogP contribution in [-0.2, 0) is 16.0 Å². The average molecular weight is 429 g/mol. The third-order valence-corrected chi connectivity index (χ3v) is 5.85. The fraction of sp³-hybridized carbons (Fsp3) is 0.318. The van der Waals surface area contributed by atoms with Crippen molar-refractivity contribution in [3.63, 3.8) is 0 Å². The second-order valence-electron chi connectivity index (χ2n) is 6.87. The molecule has 0 saturated carbocycles. The number of aliphatic carboxylic acids is 1. The van der Waals surface area contributed by atoms with E-state index in [1.54, 1.807) is 19.1 Å². The molecule has 0 bridgehead atoms. The van der Waals surface area contributed by atoms with Gasteiger partial charge in [0.05, 0.1) is 26.3 Å². The van der Waals surface area contributed by atoms with E-state index in [1.165, 1.54) is 11.8 Å². The highest BCUT2D eigenvalue weighted by atomic mass is 32.2. The number of hydrogen-bond acceptors (Lipinski definition) is 6. The van der Waals surface area contributed by atoms with E-state index in [9.17, 15) is 9.59 Å². The Hall–Kier alpha value is -3.00. The maximum atomic E-state index is 12.9. The second-order valence-corrected chi connectivity index (χ2v) is 8.04. The van der Waals surface area contributed by atoms with Crippen molar-refractivity contribution < 1.29 is 24.2 Å². The normalized spacial score (nSPS) is 17.4. The number of carboxylic acids is 1. The minimum atomic E-state index is -1.00. The summed E-state index contributed by atoms with van der Waals surface area (Å²) >= 11 is 1.21. The Kier molecular flexibility index (Phi) is 6.99. The minimum Gasteiger partial charge on any atom is -0.493 e.